The largest absolute Gasteiger partial charge is 0.325 e. The average molecular weight is 339 g/mol. The minimum absolute atomic E-state index is 0.0380. The Morgan fingerprint density at radius 3 is 2.84 bits per heavy atom. The highest BCUT2D eigenvalue weighted by Crippen LogP contribution is 2.27. The second-order valence-corrected chi connectivity index (χ2v) is 5.84. The van der Waals surface area contributed by atoms with Crippen molar-refractivity contribution >= 4 is 28.2 Å². The van der Waals surface area contributed by atoms with Crippen molar-refractivity contribution in [2.75, 3.05) is 5.32 Å². The predicted octanol–water partition coefficient (Wildman–Crippen LogP) is 2.76. The number of nitro benzene ring substituents is 1. The molecule has 0 saturated carbocycles. The van der Waals surface area contributed by atoms with Gasteiger partial charge in [0.2, 0.25) is 5.91 Å². The maximum atomic E-state index is 12.3. The Balaban J connectivity index is 1.82. The molecule has 1 aromatic carbocycles. The van der Waals surface area contributed by atoms with Gasteiger partial charge in [0.15, 0.2) is 0 Å². The summed E-state index contributed by atoms with van der Waals surface area (Å²) in [5.74, 6) is -0.165. The Morgan fingerprint density at radius 2 is 2.16 bits per heavy atom. The highest BCUT2D eigenvalue weighted by Gasteiger charge is 2.13. The Bertz CT molecular complexity index is 964. The summed E-state index contributed by atoms with van der Waals surface area (Å²) in [7, 11) is 1.82. The van der Waals surface area contributed by atoms with Gasteiger partial charge in [0, 0.05) is 42.9 Å². The Morgan fingerprint density at radius 1 is 1.36 bits per heavy atom. The van der Waals surface area contributed by atoms with Crippen LogP contribution in [0.4, 0.5) is 11.4 Å². The first-order valence-electron chi connectivity index (χ1n) is 7.75. The van der Waals surface area contributed by atoms with E-state index in [0.29, 0.717) is 29.4 Å². The van der Waals surface area contributed by atoms with Crippen molar-refractivity contribution in [3.8, 4) is 0 Å². The van der Waals surface area contributed by atoms with Gasteiger partial charge >= 0.3 is 0 Å². The normalized spacial score (nSPS) is 10.8. The van der Waals surface area contributed by atoms with Crippen LogP contribution in [0.2, 0.25) is 0 Å². The van der Waals surface area contributed by atoms with E-state index in [4.69, 9.17) is 0 Å². The standard InChI is InChI=1S/C17H17N5O3/c1-11-7-16(14-8-13(22(24)25)4-5-15(14)19-11)20-17(23)6-3-12-9-18-21(2)10-12/h4-5,7-10H,3,6H2,1-2H3,(H,19,20,23). The lowest BCUT2D eigenvalue weighted by atomic mass is 10.1. The summed E-state index contributed by atoms with van der Waals surface area (Å²) >= 11 is 0. The van der Waals surface area contributed by atoms with E-state index in [9.17, 15) is 14.9 Å². The maximum Gasteiger partial charge on any atom is 0.270 e. The summed E-state index contributed by atoms with van der Waals surface area (Å²) in [4.78, 5) is 27.2. The van der Waals surface area contributed by atoms with Crippen molar-refractivity contribution in [1.29, 1.82) is 0 Å². The first-order valence-corrected chi connectivity index (χ1v) is 7.75. The van der Waals surface area contributed by atoms with E-state index in [1.165, 1.54) is 12.1 Å². The van der Waals surface area contributed by atoms with E-state index < -0.39 is 4.92 Å². The smallest absolute Gasteiger partial charge is 0.270 e. The number of aryl methyl sites for hydroxylation is 3. The molecule has 0 atom stereocenters. The predicted molar refractivity (Wildman–Crippen MR) is 93.3 cm³/mol. The third-order valence-corrected chi connectivity index (χ3v) is 3.80. The number of non-ortho nitro benzene ring substituents is 1. The molecule has 2 aromatic heterocycles. The lowest BCUT2D eigenvalue weighted by Gasteiger charge is -2.09. The van der Waals surface area contributed by atoms with Crippen LogP contribution in [0.15, 0.2) is 36.7 Å². The van der Waals surface area contributed by atoms with Gasteiger partial charge in [-0.3, -0.25) is 24.6 Å². The Hall–Kier alpha value is -3.29. The number of nitrogens with zero attached hydrogens (tertiary/aromatic N) is 4. The molecule has 0 bridgehead atoms. The number of fused-ring (bicyclic) bond motifs is 1. The number of hydrogen-bond acceptors (Lipinski definition) is 5. The van der Waals surface area contributed by atoms with Crippen molar-refractivity contribution in [2.24, 2.45) is 7.05 Å². The first-order chi connectivity index (χ1) is 11.9. The van der Waals surface area contributed by atoms with Crippen molar-refractivity contribution < 1.29 is 9.72 Å². The molecule has 0 spiro atoms. The van der Waals surface area contributed by atoms with Crippen LogP contribution in [0.5, 0.6) is 0 Å². The molecule has 0 aliphatic rings. The number of hydrogen-bond donors (Lipinski definition) is 1. The molecule has 0 aliphatic carbocycles. The molecule has 2 heterocycles. The molecule has 1 N–H and O–H groups in total. The molecular weight excluding hydrogens is 322 g/mol. The number of aromatic nitrogens is 3. The van der Waals surface area contributed by atoms with Crippen LogP contribution in [0.3, 0.4) is 0 Å². The van der Waals surface area contributed by atoms with Crippen molar-refractivity contribution in [1.82, 2.24) is 14.8 Å². The lowest BCUT2D eigenvalue weighted by Crippen LogP contribution is -2.13. The van der Waals surface area contributed by atoms with Gasteiger partial charge in [-0.25, -0.2) is 0 Å². The van der Waals surface area contributed by atoms with Gasteiger partial charge in [-0.2, -0.15) is 5.10 Å². The van der Waals surface area contributed by atoms with Gasteiger partial charge in [-0.1, -0.05) is 0 Å². The summed E-state index contributed by atoms with van der Waals surface area (Å²) < 4.78 is 1.69. The van der Waals surface area contributed by atoms with E-state index in [-0.39, 0.29) is 11.6 Å². The van der Waals surface area contributed by atoms with E-state index in [0.717, 1.165) is 11.3 Å². The van der Waals surface area contributed by atoms with Gasteiger partial charge in [0.1, 0.15) is 0 Å². The molecule has 3 rings (SSSR count). The zero-order valence-corrected chi connectivity index (χ0v) is 13.9. The maximum absolute atomic E-state index is 12.3. The monoisotopic (exact) mass is 339 g/mol. The summed E-state index contributed by atoms with van der Waals surface area (Å²) in [6, 6.07) is 6.14. The number of carbonyl (C=O) groups excluding carboxylic acids is 1. The van der Waals surface area contributed by atoms with E-state index in [1.54, 1.807) is 23.0 Å². The molecule has 0 saturated heterocycles. The van der Waals surface area contributed by atoms with Gasteiger partial charge in [0.25, 0.3) is 5.69 Å². The van der Waals surface area contributed by atoms with Crippen LogP contribution in [-0.2, 0) is 18.3 Å². The van der Waals surface area contributed by atoms with E-state index >= 15 is 0 Å². The van der Waals surface area contributed by atoms with Gasteiger partial charge in [0.05, 0.1) is 22.3 Å². The van der Waals surface area contributed by atoms with Crippen molar-refractivity contribution in [2.45, 2.75) is 19.8 Å². The molecule has 8 nitrogen and oxygen atoms in total. The van der Waals surface area contributed by atoms with Crippen LogP contribution in [0.1, 0.15) is 17.7 Å². The van der Waals surface area contributed by atoms with Crippen LogP contribution < -0.4 is 5.32 Å². The van der Waals surface area contributed by atoms with Crippen LogP contribution in [0.25, 0.3) is 10.9 Å². The summed E-state index contributed by atoms with van der Waals surface area (Å²) in [5, 5.41) is 18.5. The topological polar surface area (TPSA) is 103 Å². The van der Waals surface area contributed by atoms with E-state index in [2.05, 4.69) is 15.4 Å². The SMILES string of the molecule is Cc1cc(NC(=O)CCc2cnn(C)c2)c2cc([N+](=O)[O-])ccc2n1. The Labute approximate surface area is 143 Å². The van der Waals surface area contributed by atoms with E-state index in [1.807, 2.05) is 20.2 Å². The number of benzene rings is 1. The summed E-state index contributed by atoms with van der Waals surface area (Å²) in [6.07, 6.45) is 4.45. The minimum Gasteiger partial charge on any atom is -0.325 e. The Kier molecular flexibility index (Phi) is 4.42. The molecule has 0 aliphatic heterocycles. The van der Waals surface area contributed by atoms with Crippen LogP contribution in [-0.4, -0.2) is 25.6 Å². The van der Waals surface area contributed by atoms with Crippen molar-refractivity contribution in [3.63, 3.8) is 0 Å². The molecule has 128 valence electrons. The van der Waals surface area contributed by atoms with Gasteiger partial charge < -0.3 is 5.32 Å². The fraction of sp³-hybridized carbons (Fsp3) is 0.235. The fourth-order valence-corrected chi connectivity index (χ4v) is 2.63. The second-order valence-electron chi connectivity index (χ2n) is 5.84. The first kappa shape index (κ1) is 16.6. The number of rotatable bonds is 5. The van der Waals surface area contributed by atoms with Crippen LogP contribution in [0, 0.1) is 17.0 Å². The number of anilines is 1. The van der Waals surface area contributed by atoms with Gasteiger partial charge in [-0.15, -0.1) is 0 Å². The fourth-order valence-electron chi connectivity index (χ4n) is 2.63. The zero-order chi connectivity index (χ0) is 18.0. The van der Waals surface area contributed by atoms with Crippen molar-refractivity contribution in [3.05, 3.63) is 58.0 Å². The zero-order valence-electron chi connectivity index (χ0n) is 13.9. The molecule has 0 unspecified atom stereocenters. The number of carbonyl (C=O) groups is 1. The molecule has 0 fully saturated rings. The van der Waals surface area contributed by atoms with Gasteiger partial charge in [-0.05, 0) is 31.0 Å². The summed E-state index contributed by atoms with van der Waals surface area (Å²) in [5.41, 5.74) is 2.80. The number of nitro groups is 1. The molecule has 1 amide bonds. The number of nitrogens with one attached hydrogen (secondary N) is 1. The lowest BCUT2D eigenvalue weighted by molar-refractivity contribution is -0.384. The molecular formula is C17H17N5O3. The highest BCUT2D eigenvalue weighted by molar-refractivity contribution is 6.01. The highest BCUT2D eigenvalue weighted by atomic mass is 16.6. The third-order valence-electron chi connectivity index (χ3n) is 3.80. The quantitative estimate of drug-likeness (QED) is 0.569. The molecule has 25 heavy (non-hydrogen) atoms. The van der Waals surface area contributed by atoms with Crippen LogP contribution >= 0.6 is 0 Å². The minimum atomic E-state index is -0.465. The number of pyridine rings is 1. The second kappa shape index (κ2) is 6.68. The number of amides is 1. The summed E-state index contributed by atoms with van der Waals surface area (Å²) in [6.45, 7) is 1.81. The average Bonchev–Trinajstić information content (AvgIpc) is 2.98. The molecule has 0 radical (unpaired) electrons. The molecule has 3 aromatic rings. The molecule has 8 heteroatoms. The third kappa shape index (κ3) is 3.79.